The highest BCUT2D eigenvalue weighted by Crippen LogP contribution is 2.34. The van der Waals surface area contributed by atoms with Crippen molar-refractivity contribution in [2.75, 3.05) is 19.6 Å². The molecule has 1 saturated heterocycles. The van der Waals surface area contributed by atoms with E-state index in [-0.39, 0.29) is 11.6 Å². The van der Waals surface area contributed by atoms with E-state index in [9.17, 15) is 18.0 Å². The van der Waals surface area contributed by atoms with Crippen LogP contribution >= 0.6 is 0 Å². The van der Waals surface area contributed by atoms with Gasteiger partial charge in [-0.15, -0.1) is 0 Å². The lowest BCUT2D eigenvalue weighted by atomic mass is 9.83. The van der Waals surface area contributed by atoms with Crippen LogP contribution in [-0.4, -0.2) is 53.8 Å². The molecule has 0 radical (unpaired) electrons. The van der Waals surface area contributed by atoms with E-state index in [2.05, 4.69) is 5.32 Å². The van der Waals surface area contributed by atoms with Crippen LogP contribution in [0, 0.1) is 5.92 Å². The van der Waals surface area contributed by atoms with Crippen molar-refractivity contribution >= 4 is 11.9 Å². The third-order valence-electron chi connectivity index (χ3n) is 5.95. The zero-order valence-corrected chi connectivity index (χ0v) is 17.6. The van der Waals surface area contributed by atoms with E-state index >= 15 is 0 Å². The summed E-state index contributed by atoms with van der Waals surface area (Å²) in [6, 6.07) is 0. The van der Waals surface area contributed by atoms with Crippen LogP contribution in [0.1, 0.15) is 65.7 Å². The summed E-state index contributed by atoms with van der Waals surface area (Å²) >= 11 is 0. The summed E-state index contributed by atoms with van der Waals surface area (Å²) in [5.41, 5.74) is 0.320. The Morgan fingerprint density at radius 3 is 2.41 bits per heavy atom. The largest absolute Gasteiger partial charge is 0.444 e. The second-order valence-corrected chi connectivity index (χ2v) is 9.53. The molecule has 1 saturated carbocycles. The number of piperidine rings is 1. The maximum Gasteiger partial charge on any atom is 0.410 e. The number of carbonyl (C=O) groups is 1. The normalized spacial score (nSPS) is 24.9. The van der Waals surface area contributed by atoms with Gasteiger partial charge in [-0.05, 0) is 59.3 Å². The Morgan fingerprint density at radius 1 is 1.24 bits per heavy atom. The van der Waals surface area contributed by atoms with Crippen LogP contribution in [-0.2, 0) is 4.74 Å². The van der Waals surface area contributed by atoms with Gasteiger partial charge in [-0.1, -0.05) is 11.6 Å². The van der Waals surface area contributed by atoms with Gasteiger partial charge in [0.2, 0.25) is 0 Å². The molecule has 0 aromatic heterocycles. The number of carbonyl (C=O) groups excluding carboxylic acids is 1. The minimum atomic E-state index is -4.12. The monoisotopic (exact) mass is 415 g/mol. The first-order chi connectivity index (χ1) is 13.4. The van der Waals surface area contributed by atoms with Gasteiger partial charge in [0.25, 0.3) is 0 Å². The number of hydrogen-bond donors (Lipinski definition) is 1. The number of hydrogen-bond acceptors (Lipinski definition) is 4. The summed E-state index contributed by atoms with van der Waals surface area (Å²) in [5.74, 6) is 1.30. The molecule has 3 aliphatic rings. The van der Waals surface area contributed by atoms with Gasteiger partial charge in [0.1, 0.15) is 11.4 Å². The number of amidine groups is 1. The summed E-state index contributed by atoms with van der Waals surface area (Å²) in [6.07, 6.45) is 0.883. The number of rotatable bonds is 2. The molecular formula is C21H32F3N3O2. The molecule has 2 aliphatic heterocycles. The molecule has 1 spiro atoms. The van der Waals surface area contributed by atoms with Gasteiger partial charge in [0.05, 0.1) is 18.5 Å². The molecule has 0 atom stereocenters. The van der Waals surface area contributed by atoms with Crippen molar-refractivity contribution in [3.8, 4) is 0 Å². The Kier molecular flexibility index (Phi) is 6.20. The smallest absolute Gasteiger partial charge is 0.410 e. The highest BCUT2D eigenvalue weighted by Gasteiger charge is 2.42. The molecule has 3 rings (SSSR count). The number of amides is 1. The maximum absolute atomic E-state index is 12.4. The molecule has 2 heterocycles. The average Bonchev–Trinajstić information content (AvgIpc) is 3.02. The van der Waals surface area contributed by atoms with Gasteiger partial charge >= 0.3 is 12.3 Å². The fourth-order valence-corrected chi connectivity index (χ4v) is 4.27. The number of likely N-dealkylation sites (tertiary alicyclic amines) is 1. The molecule has 1 aliphatic carbocycles. The minimum absolute atomic E-state index is 0.0970. The predicted molar refractivity (Wildman–Crippen MR) is 106 cm³/mol. The summed E-state index contributed by atoms with van der Waals surface area (Å²) < 4.78 is 42.6. The quantitative estimate of drug-likeness (QED) is 0.658. The van der Waals surface area contributed by atoms with Crippen LogP contribution in [0.3, 0.4) is 0 Å². The van der Waals surface area contributed by atoms with Crippen LogP contribution in [0.2, 0.25) is 0 Å². The maximum atomic E-state index is 12.4. The SMILES string of the molecule is CC(C)(C)OC(=O)N1CCC2(CC1)CN=C(C1CCC(=CCC(F)(F)F)CC1)N2. The van der Waals surface area contributed by atoms with Crippen LogP contribution in [0.5, 0.6) is 0 Å². The molecule has 0 aromatic rings. The van der Waals surface area contributed by atoms with E-state index in [4.69, 9.17) is 9.73 Å². The number of nitrogens with one attached hydrogen (secondary N) is 1. The van der Waals surface area contributed by atoms with E-state index in [1.54, 1.807) is 4.90 Å². The molecule has 29 heavy (non-hydrogen) atoms. The highest BCUT2D eigenvalue weighted by molar-refractivity contribution is 5.87. The molecule has 164 valence electrons. The fourth-order valence-electron chi connectivity index (χ4n) is 4.27. The van der Waals surface area contributed by atoms with Crippen molar-refractivity contribution in [1.82, 2.24) is 10.2 Å². The van der Waals surface area contributed by atoms with Gasteiger partial charge in [-0.2, -0.15) is 13.2 Å². The third-order valence-corrected chi connectivity index (χ3v) is 5.95. The van der Waals surface area contributed by atoms with Crippen LogP contribution in [0.15, 0.2) is 16.6 Å². The second kappa shape index (κ2) is 8.19. The Labute approximate surface area is 170 Å². The standard InChI is InChI=1S/C21H32F3N3O2/c1-19(2,3)29-18(28)27-12-10-20(11-13-27)14-25-17(26-20)16-6-4-15(5-7-16)8-9-21(22,23)24/h8,16H,4-7,9-14H2,1-3H3,(H,25,26). The van der Waals surface area contributed by atoms with Crippen molar-refractivity contribution in [3.63, 3.8) is 0 Å². The lowest BCUT2D eigenvalue weighted by molar-refractivity contribution is -0.125. The topological polar surface area (TPSA) is 53.9 Å². The van der Waals surface area contributed by atoms with Crippen LogP contribution in [0.25, 0.3) is 0 Å². The first-order valence-electron chi connectivity index (χ1n) is 10.5. The van der Waals surface area contributed by atoms with Crippen LogP contribution in [0.4, 0.5) is 18.0 Å². The number of nitrogens with zero attached hydrogens (tertiary/aromatic N) is 2. The van der Waals surface area contributed by atoms with Crippen molar-refractivity contribution in [3.05, 3.63) is 11.6 Å². The molecule has 1 N–H and O–H groups in total. The number of allylic oxidation sites excluding steroid dienone is 2. The Hall–Kier alpha value is -1.73. The third kappa shape index (κ3) is 6.12. The number of ether oxygens (including phenoxy) is 1. The van der Waals surface area contributed by atoms with E-state index < -0.39 is 18.2 Å². The average molecular weight is 416 g/mol. The fraction of sp³-hybridized carbons (Fsp3) is 0.810. The molecule has 0 aromatic carbocycles. The lowest BCUT2D eigenvalue weighted by Gasteiger charge is -2.40. The van der Waals surface area contributed by atoms with Crippen molar-refractivity contribution < 1.29 is 22.7 Å². The van der Waals surface area contributed by atoms with Crippen molar-refractivity contribution in [2.24, 2.45) is 10.9 Å². The number of halogens is 3. The summed E-state index contributed by atoms with van der Waals surface area (Å²) in [4.78, 5) is 18.8. The Balaban J connectivity index is 1.46. The van der Waals surface area contributed by atoms with Gasteiger partial charge in [-0.25, -0.2) is 4.79 Å². The van der Waals surface area contributed by atoms with E-state index in [1.807, 2.05) is 20.8 Å². The summed E-state index contributed by atoms with van der Waals surface area (Å²) in [6.45, 7) is 7.58. The zero-order valence-electron chi connectivity index (χ0n) is 17.6. The molecule has 5 nitrogen and oxygen atoms in total. The van der Waals surface area contributed by atoms with Gasteiger partial charge in [-0.3, -0.25) is 4.99 Å². The van der Waals surface area contributed by atoms with E-state index in [0.29, 0.717) is 38.4 Å². The first-order valence-corrected chi connectivity index (χ1v) is 10.5. The molecule has 8 heteroatoms. The summed E-state index contributed by atoms with van der Waals surface area (Å²) in [5, 5.41) is 3.63. The first kappa shape index (κ1) is 22.0. The molecule has 0 unspecified atom stereocenters. The molecular weight excluding hydrogens is 383 g/mol. The van der Waals surface area contributed by atoms with E-state index in [1.165, 1.54) is 6.08 Å². The van der Waals surface area contributed by atoms with Gasteiger partial charge in [0, 0.05) is 19.0 Å². The summed E-state index contributed by atoms with van der Waals surface area (Å²) in [7, 11) is 0. The minimum Gasteiger partial charge on any atom is -0.444 e. The second-order valence-electron chi connectivity index (χ2n) is 9.53. The lowest BCUT2D eigenvalue weighted by Crippen LogP contribution is -2.56. The predicted octanol–water partition coefficient (Wildman–Crippen LogP) is 4.83. The molecule has 1 amide bonds. The van der Waals surface area contributed by atoms with E-state index in [0.717, 1.165) is 37.1 Å². The Morgan fingerprint density at radius 2 is 1.86 bits per heavy atom. The van der Waals surface area contributed by atoms with Crippen molar-refractivity contribution in [1.29, 1.82) is 0 Å². The van der Waals surface area contributed by atoms with Gasteiger partial charge in [0.15, 0.2) is 0 Å². The number of aliphatic imine (C=N–C) groups is 1. The highest BCUT2D eigenvalue weighted by atomic mass is 19.4. The number of alkyl halides is 3. The molecule has 2 fully saturated rings. The zero-order chi connectivity index (χ0) is 21.3. The Bertz CT molecular complexity index is 662. The van der Waals surface area contributed by atoms with Crippen molar-refractivity contribution in [2.45, 2.75) is 83.0 Å². The molecule has 0 bridgehead atoms. The van der Waals surface area contributed by atoms with Gasteiger partial charge < -0.3 is 15.0 Å². The van der Waals surface area contributed by atoms with Crippen LogP contribution < -0.4 is 5.32 Å².